The van der Waals surface area contributed by atoms with E-state index in [4.69, 9.17) is 4.74 Å². The lowest BCUT2D eigenvalue weighted by atomic mass is 10.0. The van der Waals surface area contributed by atoms with E-state index in [1.54, 1.807) is 12.1 Å². The highest BCUT2D eigenvalue weighted by Crippen LogP contribution is 2.11. The van der Waals surface area contributed by atoms with Gasteiger partial charge in [0.25, 0.3) is 5.91 Å². The van der Waals surface area contributed by atoms with Gasteiger partial charge in [-0.2, -0.15) is 0 Å². The fourth-order valence-electron chi connectivity index (χ4n) is 3.10. The Morgan fingerprint density at radius 1 is 0.893 bits per heavy atom. The van der Waals surface area contributed by atoms with Crippen molar-refractivity contribution in [3.63, 3.8) is 0 Å². The van der Waals surface area contributed by atoms with Gasteiger partial charge < -0.3 is 10.1 Å². The molecule has 0 aliphatic heterocycles. The summed E-state index contributed by atoms with van der Waals surface area (Å²) in [5.74, 6) is -0.598. The summed E-state index contributed by atoms with van der Waals surface area (Å²) in [7, 11) is 0. The maximum absolute atomic E-state index is 12.4. The Hall–Kier alpha value is -1.84. The molecule has 0 bridgehead atoms. The van der Waals surface area contributed by atoms with E-state index in [9.17, 15) is 9.59 Å². The molecule has 1 aromatic rings. The standard InChI is InChI=1S/C24H39NO3/c1-5-6-7-8-9-10-11-12-13-18-28-24(27)22(19(2)3)25-23(26)21-16-14-20(4)15-17-21/h14-17,19,22H,5-13,18H2,1-4H3,(H,25,26). The number of benzene rings is 1. The molecule has 1 unspecified atom stereocenters. The number of esters is 1. The van der Waals surface area contributed by atoms with Gasteiger partial charge in [-0.3, -0.25) is 4.79 Å². The van der Waals surface area contributed by atoms with E-state index < -0.39 is 6.04 Å². The molecular weight excluding hydrogens is 350 g/mol. The molecule has 0 saturated heterocycles. The highest BCUT2D eigenvalue weighted by atomic mass is 16.5. The molecule has 0 spiro atoms. The summed E-state index contributed by atoms with van der Waals surface area (Å²) in [4.78, 5) is 24.8. The van der Waals surface area contributed by atoms with E-state index >= 15 is 0 Å². The van der Waals surface area contributed by atoms with E-state index in [0.717, 1.165) is 18.4 Å². The minimum Gasteiger partial charge on any atom is -0.464 e. The molecule has 0 radical (unpaired) electrons. The number of hydrogen-bond donors (Lipinski definition) is 1. The predicted molar refractivity (Wildman–Crippen MR) is 115 cm³/mol. The zero-order valence-electron chi connectivity index (χ0n) is 18.3. The summed E-state index contributed by atoms with van der Waals surface area (Å²) in [5, 5.41) is 2.82. The van der Waals surface area contributed by atoms with E-state index in [0.29, 0.717) is 12.2 Å². The van der Waals surface area contributed by atoms with Gasteiger partial charge in [0.1, 0.15) is 6.04 Å². The number of amides is 1. The lowest BCUT2D eigenvalue weighted by Gasteiger charge is -2.21. The minimum absolute atomic E-state index is 0.0231. The van der Waals surface area contributed by atoms with Crippen LogP contribution in [0.2, 0.25) is 0 Å². The topological polar surface area (TPSA) is 55.4 Å². The highest BCUT2D eigenvalue weighted by Gasteiger charge is 2.26. The van der Waals surface area contributed by atoms with Crippen LogP contribution in [0, 0.1) is 12.8 Å². The Morgan fingerprint density at radius 3 is 1.96 bits per heavy atom. The molecule has 4 heteroatoms. The zero-order chi connectivity index (χ0) is 20.8. The van der Waals surface area contributed by atoms with Crippen molar-refractivity contribution in [1.82, 2.24) is 5.32 Å². The van der Waals surface area contributed by atoms with Crippen LogP contribution in [0.3, 0.4) is 0 Å². The van der Waals surface area contributed by atoms with Crippen LogP contribution in [0.5, 0.6) is 0 Å². The summed E-state index contributed by atoms with van der Waals surface area (Å²) < 4.78 is 5.43. The molecule has 0 aromatic heterocycles. The molecule has 0 heterocycles. The quantitative estimate of drug-likeness (QED) is 0.322. The van der Waals surface area contributed by atoms with E-state index in [2.05, 4.69) is 12.2 Å². The number of unbranched alkanes of at least 4 members (excludes halogenated alkanes) is 8. The highest BCUT2D eigenvalue weighted by molar-refractivity contribution is 5.96. The molecule has 1 rings (SSSR count). The number of rotatable bonds is 14. The van der Waals surface area contributed by atoms with Crippen LogP contribution in [0.25, 0.3) is 0 Å². The first-order chi connectivity index (χ1) is 13.5. The number of carbonyl (C=O) groups excluding carboxylic acids is 2. The number of hydrogen-bond acceptors (Lipinski definition) is 3. The molecule has 4 nitrogen and oxygen atoms in total. The average molecular weight is 390 g/mol. The van der Waals surface area contributed by atoms with Gasteiger partial charge >= 0.3 is 5.97 Å². The average Bonchev–Trinajstić information content (AvgIpc) is 2.67. The van der Waals surface area contributed by atoms with Crippen molar-refractivity contribution >= 4 is 11.9 Å². The molecule has 0 fully saturated rings. The Balaban J connectivity index is 2.27. The van der Waals surface area contributed by atoms with Gasteiger partial charge in [-0.25, -0.2) is 4.79 Å². The largest absolute Gasteiger partial charge is 0.464 e. The third kappa shape index (κ3) is 9.91. The van der Waals surface area contributed by atoms with Crippen molar-refractivity contribution in [2.24, 2.45) is 5.92 Å². The Kier molecular flexibility index (Phi) is 12.3. The molecule has 158 valence electrons. The second-order valence-corrected chi connectivity index (χ2v) is 8.06. The molecule has 1 aromatic carbocycles. The fraction of sp³-hybridized carbons (Fsp3) is 0.667. The first kappa shape index (κ1) is 24.2. The van der Waals surface area contributed by atoms with Gasteiger partial charge in [0.2, 0.25) is 0 Å². The Bertz CT molecular complexity index is 566. The van der Waals surface area contributed by atoms with Crippen molar-refractivity contribution in [3.05, 3.63) is 35.4 Å². The number of carbonyl (C=O) groups is 2. The van der Waals surface area contributed by atoms with Crippen molar-refractivity contribution < 1.29 is 14.3 Å². The van der Waals surface area contributed by atoms with Crippen LogP contribution < -0.4 is 5.32 Å². The van der Waals surface area contributed by atoms with Gasteiger partial charge in [-0.05, 0) is 31.4 Å². The number of nitrogens with one attached hydrogen (secondary N) is 1. The molecular formula is C24H39NO3. The zero-order valence-corrected chi connectivity index (χ0v) is 18.3. The molecule has 0 aliphatic carbocycles. The van der Waals surface area contributed by atoms with Gasteiger partial charge in [0.05, 0.1) is 6.61 Å². The Labute approximate surface area is 171 Å². The monoisotopic (exact) mass is 389 g/mol. The summed E-state index contributed by atoms with van der Waals surface area (Å²) in [6.07, 6.45) is 11.0. The lowest BCUT2D eigenvalue weighted by molar-refractivity contribution is -0.147. The van der Waals surface area contributed by atoms with E-state index in [1.165, 1.54) is 44.9 Å². The maximum Gasteiger partial charge on any atom is 0.328 e. The number of aryl methyl sites for hydroxylation is 1. The summed E-state index contributed by atoms with van der Waals surface area (Å²) in [6.45, 7) is 8.47. The van der Waals surface area contributed by atoms with Gasteiger partial charge in [0.15, 0.2) is 0 Å². The first-order valence-corrected chi connectivity index (χ1v) is 11.0. The molecule has 0 saturated carbocycles. The first-order valence-electron chi connectivity index (χ1n) is 11.0. The predicted octanol–water partition coefficient (Wildman–Crippen LogP) is 5.82. The second-order valence-electron chi connectivity index (χ2n) is 8.06. The van der Waals surface area contributed by atoms with Crippen LogP contribution in [-0.4, -0.2) is 24.5 Å². The third-order valence-corrected chi connectivity index (χ3v) is 5.01. The van der Waals surface area contributed by atoms with Gasteiger partial charge in [-0.1, -0.05) is 89.8 Å². The molecule has 1 amide bonds. The fourth-order valence-corrected chi connectivity index (χ4v) is 3.10. The van der Waals surface area contributed by atoms with Crippen molar-refractivity contribution in [2.75, 3.05) is 6.61 Å². The van der Waals surface area contributed by atoms with Gasteiger partial charge in [0, 0.05) is 5.56 Å². The van der Waals surface area contributed by atoms with Crippen molar-refractivity contribution in [2.45, 2.75) is 91.5 Å². The molecule has 0 aliphatic rings. The van der Waals surface area contributed by atoms with E-state index in [-0.39, 0.29) is 17.8 Å². The van der Waals surface area contributed by atoms with Crippen LogP contribution in [0.1, 0.15) is 94.5 Å². The molecule has 1 atom stereocenters. The van der Waals surface area contributed by atoms with Crippen molar-refractivity contribution in [1.29, 1.82) is 0 Å². The van der Waals surface area contributed by atoms with Crippen LogP contribution >= 0.6 is 0 Å². The number of ether oxygens (including phenoxy) is 1. The Morgan fingerprint density at radius 2 is 1.43 bits per heavy atom. The van der Waals surface area contributed by atoms with Crippen LogP contribution in [0.15, 0.2) is 24.3 Å². The smallest absolute Gasteiger partial charge is 0.328 e. The maximum atomic E-state index is 12.4. The SMILES string of the molecule is CCCCCCCCCCCOC(=O)C(NC(=O)c1ccc(C)cc1)C(C)C. The van der Waals surface area contributed by atoms with Crippen molar-refractivity contribution in [3.8, 4) is 0 Å². The van der Waals surface area contributed by atoms with Crippen LogP contribution in [0.4, 0.5) is 0 Å². The summed E-state index contributed by atoms with van der Waals surface area (Å²) >= 11 is 0. The molecule has 1 N–H and O–H groups in total. The lowest BCUT2D eigenvalue weighted by Crippen LogP contribution is -2.45. The van der Waals surface area contributed by atoms with Crippen LogP contribution in [-0.2, 0) is 9.53 Å². The van der Waals surface area contributed by atoms with E-state index in [1.807, 2.05) is 32.9 Å². The summed E-state index contributed by atoms with van der Waals surface area (Å²) in [6, 6.07) is 6.71. The second kappa shape index (κ2) is 14.2. The minimum atomic E-state index is -0.618. The summed E-state index contributed by atoms with van der Waals surface area (Å²) in [5.41, 5.74) is 1.65. The normalized spacial score (nSPS) is 12.0. The third-order valence-electron chi connectivity index (χ3n) is 5.01. The van der Waals surface area contributed by atoms with Gasteiger partial charge in [-0.15, -0.1) is 0 Å². The molecule has 28 heavy (non-hydrogen) atoms.